The van der Waals surface area contributed by atoms with Crippen LogP contribution in [-0.4, -0.2) is 24.0 Å². The van der Waals surface area contributed by atoms with Gasteiger partial charge in [-0.3, -0.25) is 4.79 Å². The lowest BCUT2D eigenvalue weighted by Gasteiger charge is -2.35. The summed E-state index contributed by atoms with van der Waals surface area (Å²) in [6, 6.07) is 0. The van der Waals surface area contributed by atoms with Crippen molar-refractivity contribution in [1.29, 1.82) is 0 Å². The van der Waals surface area contributed by atoms with Gasteiger partial charge in [-0.25, -0.2) is 4.98 Å². The molecular formula is C13H21N3O2. The van der Waals surface area contributed by atoms with Crippen LogP contribution in [0, 0.1) is 12.3 Å². The summed E-state index contributed by atoms with van der Waals surface area (Å²) in [6.07, 6.45) is 4.35. The van der Waals surface area contributed by atoms with E-state index in [4.69, 9.17) is 4.42 Å². The highest BCUT2D eigenvalue weighted by molar-refractivity contribution is 5.82. The number of piperidine rings is 1. The molecule has 1 aromatic rings. The molecule has 1 amide bonds. The minimum absolute atomic E-state index is 0.127. The van der Waals surface area contributed by atoms with E-state index in [0.717, 1.165) is 38.1 Å². The molecule has 0 bridgehead atoms. The van der Waals surface area contributed by atoms with Crippen molar-refractivity contribution in [3.05, 3.63) is 17.8 Å². The Morgan fingerprint density at radius 3 is 2.83 bits per heavy atom. The molecule has 5 heteroatoms. The summed E-state index contributed by atoms with van der Waals surface area (Å²) in [7, 11) is 0. The second-order valence-corrected chi connectivity index (χ2v) is 4.93. The van der Waals surface area contributed by atoms with Gasteiger partial charge < -0.3 is 15.1 Å². The van der Waals surface area contributed by atoms with Crippen molar-refractivity contribution in [1.82, 2.24) is 15.6 Å². The predicted octanol–water partition coefficient (Wildman–Crippen LogP) is 1.38. The summed E-state index contributed by atoms with van der Waals surface area (Å²) in [5.41, 5.74) is -0.215. The minimum atomic E-state index is -0.215. The maximum Gasteiger partial charge on any atom is 0.226 e. The highest BCUT2D eigenvalue weighted by Crippen LogP contribution is 2.32. The van der Waals surface area contributed by atoms with Gasteiger partial charge >= 0.3 is 0 Å². The van der Waals surface area contributed by atoms with Crippen molar-refractivity contribution in [3.8, 4) is 0 Å². The maximum absolute atomic E-state index is 12.3. The zero-order chi connectivity index (χ0) is 13.0. The molecule has 1 aliphatic heterocycles. The molecule has 0 radical (unpaired) electrons. The number of rotatable bonds is 4. The molecule has 1 aliphatic rings. The van der Waals surface area contributed by atoms with Gasteiger partial charge in [0, 0.05) is 0 Å². The van der Waals surface area contributed by atoms with Crippen LogP contribution in [0.15, 0.2) is 10.6 Å². The van der Waals surface area contributed by atoms with Crippen LogP contribution in [0.5, 0.6) is 0 Å². The topological polar surface area (TPSA) is 67.2 Å². The first kappa shape index (κ1) is 13.1. The molecule has 0 aliphatic carbocycles. The smallest absolute Gasteiger partial charge is 0.226 e. The van der Waals surface area contributed by atoms with E-state index >= 15 is 0 Å². The molecule has 0 aromatic carbocycles. The molecular weight excluding hydrogens is 230 g/mol. The molecule has 0 spiro atoms. The molecule has 5 nitrogen and oxygen atoms in total. The molecule has 1 fully saturated rings. The number of hydrogen-bond acceptors (Lipinski definition) is 4. The zero-order valence-corrected chi connectivity index (χ0v) is 11.1. The second-order valence-electron chi connectivity index (χ2n) is 4.93. The van der Waals surface area contributed by atoms with Gasteiger partial charge in [0.2, 0.25) is 11.8 Å². The second kappa shape index (κ2) is 5.52. The van der Waals surface area contributed by atoms with Crippen molar-refractivity contribution in [2.45, 2.75) is 39.7 Å². The lowest BCUT2D eigenvalue weighted by atomic mass is 9.76. The quantitative estimate of drug-likeness (QED) is 0.848. The number of carbonyl (C=O) groups excluding carboxylic acids is 1. The van der Waals surface area contributed by atoms with E-state index in [1.54, 1.807) is 6.20 Å². The van der Waals surface area contributed by atoms with Gasteiger partial charge in [-0.1, -0.05) is 6.92 Å². The van der Waals surface area contributed by atoms with Crippen LogP contribution in [-0.2, 0) is 11.3 Å². The lowest BCUT2D eigenvalue weighted by molar-refractivity contribution is -0.133. The maximum atomic E-state index is 12.3. The molecule has 1 saturated heterocycles. The Bertz CT molecular complexity index is 408. The van der Waals surface area contributed by atoms with Gasteiger partial charge in [-0.2, -0.15) is 0 Å². The summed E-state index contributed by atoms with van der Waals surface area (Å²) >= 11 is 0. The Kier molecular flexibility index (Phi) is 4.01. The Morgan fingerprint density at radius 1 is 1.56 bits per heavy atom. The molecule has 0 saturated carbocycles. The number of carbonyl (C=O) groups is 1. The van der Waals surface area contributed by atoms with Gasteiger partial charge in [0.15, 0.2) is 0 Å². The number of amides is 1. The third-order valence-electron chi connectivity index (χ3n) is 3.79. The van der Waals surface area contributed by atoms with Crippen molar-refractivity contribution in [3.63, 3.8) is 0 Å². The predicted molar refractivity (Wildman–Crippen MR) is 67.9 cm³/mol. The highest BCUT2D eigenvalue weighted by Gasteiger charge is 2.37. The minimum Gasteiger partial charge on any atom is -0.444 e. The van der Waals surface area contributed by atoms with Gasteiger partial charge in [0.1, 0.15) is 5.76 Å². The normalized spacial score (nSPS) is 18.6. The molecule has 18 heavy (non-hydrogen) atoms. The number of hydrogen-bond donors (Lipinski definition) is 2. The van der Waals surface area contributed by atoms with Crippen LogP contribution in [0.3, 0.4) is 0 Å². The molecule has 2 heterocycles. The fourth-order valence-electron chi connectivity index (χ4n) is 2.47. The first-order chi connectivity index (χ1) is 8.66. The van der Waals surface area contributed by atoms with E-state index in [2.05, 4.69) is 22.5 Å². The summed E-state index contributed by atoms with van der Waals surface area (Å²) in [5.74, 6) is 1.47. The fraction of sp³-hybridized carbons (Fsp3) is 0.692. The highest BCUT2D eigenvalue weighted by atomic mass is 16.4. The number of nitrogens with one attached hydrogen (secondary N) is 2. The first-order valence-electron chi connectivity index (χ1n) is 6.56. The first-order valence-corrected chi connectivity index (χ1v) is 6.56. The Morgan fingerprint density at radius 2 is 2.28 bits per heavy atom. The van der Waals surface area contributed by atoms with E-state index < -0.39 is 0 Å². The monoisotopic (exact) mass is 251 g/mol. The number of aryl methyl sites for hydroxylation is 1. The van der Waals surface area contributed by atoms with E-state index in [9.17, 15) is 4.79 Å². The van der Waals surface area contributed by atoms with Gasteiger partial charge in [0.05, 0.1) is 18.2 Å². The summed E-state index contributed by atoms with van der Waals surface area (Å²) in [6.45, 7) is 6.14. The Hall–Kier alpha value is -1.36. The van der Waals surface area contributed by atoms with Gasteiger partial charge in [0.25, 0.3) is 0 Å². The van der Waals surface area contributed by atoms with E-state index in [-0.39, 0.29) is 11.3 Å². The Balaban J connectivity index is 1.93. The molecule has 1 aromatic heterocycles. The zero-order valence-electron chi connectivity index (χ0n) is 11.1. The SMILES string of the molecule is CCC1(C(=O)NCc2ncc(C)o2)CCNCC1. The van der Waals surface area contributed by atoms with Crippen LogP contribution < -0.4 is 10.6 Å². The third-order valence-corrected chi connectivity index (χ3v) is 3.79. The standard InChI is InChI=1S/C13H21N3O2/c1-3-13(4-6-14-7-5-13)12(17)16-9-11-15-8-10(2)18-11/h8,14H,3-7,9H2,1-2H3,(H,16,17). The summed E-state index contributed by atoms with van der Waals surface area (Å²) in [5, 5.41) is 6.25. The van der Waals surface area contributed by atoms with Gasteiger partial charge in [-0.15, -0.1) is 0 Å². The molecule has 2 rings (SSSR count). The molecule has 100 valence electrons. The number of nitrogens with zero attached hydrogens (tertiary/aromatic N) is 1. The van der Waals surface area contributed by atoms with Crippen molar-refractivity contribution in [2.75, 3.05) is 13.1 Å². The van der Waals surface area contributed by atoms with Crippen molar-refractivity contribution in [2.24, 2.45) is 5.41 Å². The van der Waals surface area contributed by atoms with E-state index in [1.807, 2.05) is 6.92 Å². The van der Waals surface area contributed by atoms with E-state index in [1.165, 1.54) is 0 Å². The van der Waals surface area contributed by atoms with Crippen LogP contribution in [0.25, 0.3) is 0 Å². The average Bonchev–Trinajstić information content (AvgIpc) is 2.82. The largest absolute Gasteiger partial charge is 0.444 e. The van der Waals surface area contributed by atoms with Crippen LogP contribution in [0.4, 0.5) is 0 Å². The van der Waals surface area contributed by atoms with Gasteiger partial charge in [-0.05, 0) is 39.3 Å². The Labute approximate surface area is 107 Å². The molecule has 0 unspecified atom stereocenters. The van der Waals surface area contributed by atoms with E-state index in [0.29, 0.717) is 12.4 Å². The summed E-state index contributed by atoms with van der Waals surface area (Å²) < 4.78 is 5.35. The molecule has 2 N–H and O–H groups in total. The number of aromatic nitrogens is 1. The van der Waals surface area contributed by atoms with Crippen molar-refractivity contribution >= 4 is 5.91 Å². The molecule has 0 atom stereocenters. The number of oxazole rings is 1. The lowest BCUT2D eigenvalue weighted by Crippen LogP contribution is -2.47. The van der Waals surface area contributed by atoms with Crippen molar-refractivity contribution < 1.29 is 9.21 Å². The van der Waals surface area contributed by atoms with Crippen LogP contribution >= 0.6 is 0 Å². The summed E-state index contributed by atoms with van der Waals surface area (Å²) in [4.78, 5) is 16.4. The third kappa shape index (κ3) is 2.72. The fourth-order valence-corrected chi connectivity index (χ4v) is 2.47. The van der Waals surface area contributed by atoms with Crippen LogP contribution in [0.2, 0.25) is 0 Å². The van der Waals surface area contributed by atoms with Crippen LogP contribution in [0.1, 0.15) is 37.8 Å². The average molecular weight is 251 g/mol.